The summed E-state index contributed by atoms with van der Waals surface area (Å²) in [6.07, 6.45) is 1.42. The molecular formula is C13H19N3O3. The molecule has 104 valence electrons. The average molecular weight is 265 g/mol. The van der Waals surface area contributed by atoms with Gasteiger partial charge in [-0.3, -0.25) is 4.79 Å². The standard InChI is InChI=1S/C13H19N3O3/c1-13(2,3)10(14)11(17)16-7-8-4-5-9(12(18)19)15-6-8/h4-6,10H,7,14H2,1-3H3,(H,16,17)(H,18,19). The lowest BCUT2D eigenvalue weighted by Gasteiger charge is -2.25. The summed E-state index contributed by atoms with van der Waals surface area (Å²) in [6.45, 7) is 5.94. The number of nitrogens with two attached hydrogens (primary N) is 1. The Balaban J connectivity index is 2.58. The summed E-state index contributed by atoms with van der Waals surface area (Å²) in [5.41, 5.74) is 6.20. The molecule has 0 radical (unpaired) electrons. The minimum absolute atomic E-state index is 0.0264. The van der Waals surface area contributed by atoms with E-state index in [-0.39, 0.29) is 23.6 Å². The van der Waals surface area contributed by atoms with Crippen LogP contribution >= 0.6 is 0 Å². The molecule has 0 saturated heterocycles. The number of nitrogens with zero attached hydrogens (tertiary/aromatic N) is 1. The molecule has 1 aromatic heterocycles. The SMILES string of the molecule is CC(C)(C)C(N)C(=O)NCc1ccc(C(=O)O)nc1. The highest BCUT2D eigenvalue weighted by molar-refractivity contribution is 5.85. The summed E-state index contributed by atoms with van der Waals surface area (Å²) >= 11 is 0. The van der Waals surface area contributed by atoms with E-state index in [9.17, 15) is 9.59 Å². The van der Waals surface area contributed by atoms with Crippen LogP contribution in [-0.2, 0) is 11.3 Å². The summed E-state index contributed by atoms with van der Waals surface area (Å²) in [4.78, 5) is 26.2. The predicted molar refractivity (Wildman–Crippen MR) is 70.5 cm³/mol. The maximum Gasteiger partial charge on any atom is 0.354 e. The van der Waals surface area contributed by atoms with Crippen molar-refractivity contribution in [1.29, 1.82) is 0 Å². The Kier molecular flexibility index (Phi) is 4.61. The van der Waals surface area contributed by atoms with E-state index in [0.29, 0.717) is 0 Å². The molecule has 1 aromatic rings. The summed E-state index contributed by atoms with van der Waals surface area (Å²) in [6, 6.07) is 2.41. The minimum Gasteiger partial charge on any atom is -0.477 e. The average Bonchev–Trinajstić information content (AvgIpc) is 2.34. The molecule has 6 heteroatoms. The summed E-state index contributed by atoms with van der Waals surface area (Å²) in [5, 5.41) is 11.4. The number of pyridine rings is 1. The third-order valence-electron chi connectivity index (χ3n) is 2.73. The van der Waals surface area contributed by atoms with Crippen LogP contribution in [0.1, 0.15) is 36.8 Å². The van der Waals surface area contributed by atoms with Gasteiger partial charge in [0.05, 0.1) is 6.04 Å². The Bertz CT molecular complexity index is 463. The smallest absolute Gasteiger partial charge is 0.354 e. The number of rotatable bonds is 4. The molecule has 0 fully saturated rings. The molecule has 6 nitrogen and oxygen atoms in total. The Hall–Kier alpha value is -1.95. The fourth-order valence-corrected chi connectivity index (χ4v) is 1.35. The maximum absolute atomic E-state index is 11.8. The molecule has 1 amide bonds. The van der Waals surface area contributed by atoms with E-state index in [1.807, 2.05) is 20.8 Å². The number of amides is 1. The molecule has 0 bridgehead atoms. The molecule has 19 heavy (non-hydrogen) atoms. The largest absolute Gasteiger partial charge is 0.477 e. The van der Waals surface area contributed by atoms with Crippen LogP contribution in [0, 0.1) is 5.41 Å². The number of carbonyl (C=O) groups is 2. The van der Waals surface area contributed by atoms with Gasteiger partial charge in [-0.25, -0.2) is 9.78 Å². The van der Waals surface area contributed by atoms with Crippen molar-refractivity contribution >= 4 is 11.9 Å². The van der Waals surface area contributed by atoms with Crippen LogP contribution in [0.4, 0.5) is 0 Å². The Morgan fingerprint density at radius 3 is 2.47 bits per heavy atom. The van der Waals surface area contributed by atoms with Crippen molar-refractivity contribution in [3.63, 3.8) is 0 Å². The number of aromatic carboxylic acids is 1. The van der Waals surface area contributed by atoms with Gasteiger partial charge in [-0.15, -0.1) is 0 Å². The second-order valence-corrected chi connectivity index (χ2v) is 5.42. The van der Waals surface area contributed by atoms with Crippen LogP contribution in [-0.4, -0.2) is 28.0 Å². The maximum atomic E-state index is 11.8. The van der Waals surface area contributed by atoms with Crippen molar-refractivity contribution in [2.45, 2.75) is 33.4 Å². The van der Waals surface area contributed by atoms with Crippen molar-refractivity contribution in [3.05, 3.63) is 29.6 Å². The Labute approximate surface area is 112 Å². The van der Waals surface area contributed by atoms with Crippen molar-refractivity contribution in [2.24, 2.45) is 11.1 Å². The van der Waals surface area contributed by atoms with Crippen molar-refractivity contribution in [3.8, 4) is 0 Å². The third-order valence-corrected chi connectivity index (χ3v) is 2.73. The Morgan fingerprint density at radius 1 is 1.42 bits per heavy atom. The van der Waals surface area contributed by atoms with Crippen LogP contribution in [0.3, 0.4) is 0 Å². The van der Waals surface area contributed by atoms with E-state index in [2.05, 4.69) is 10.3 Å². The molecule has 0 saturated carbocycles. The summed E-state index contributed by atoms with van der Waals surface area (Å²) in [7, 11) is 0. The lowest BCUT2D eigenvalue weighted by Crippen LogP contribution is -2.48. The zero-order valence-corrected chi connectivity index (χ0v) is 11.3. The lowest BCUT2D eigenvalue weighted by molar-refractivity contribution is -0.124. The van der Waals surface area contributed by atoms with Gasteiger partial charge in [0, 0.05) is 12.7 Å². The van der Waals surface area contributed by atoms with Crippen LogP contribution in [0.25, 0.3) is 0 Å². The first-order valence-corrected chi connectivity index (χ1v) is 5.93. The number of nitrogens with one attached hydrogen (secondary N) is 1. The number of hydrogen-bond donors (Lipinski definition) is 3. The molecule has 0 aliphatic heterocycles. The van der Waals surface area contributed by atoms with Gasteiger partial charge in [-0.05, 0) is 17.0 Å². The highest BCUT2D eigenvalue weighted by atomic mass is 16.4. The van der Waals surface area contributed by atoms with E-state index in [4.69, 9.17) is 10.8 Å². The van der Waals surface area contributed by atoms with Gasteiger partial charge in [-0.2, -0.15) is 0 Å². The van der Waals surface area contributed by atoms with E-state index in [0.717, 1.165) is 5.56 Å². The molecule has 1 rings (SSSR count). The molecule has 4 N–H and O–H groups in total. The zero-order chi connectivity index (χ0) is 14.6. The van der Waals surface area contributed by atoms with Gasteiger partial charge in [0.1, 0.15) is 5.69 Å². The number of carboxylic acids is 1. The predicted octanol–water partition coefficient (Wildman–Crippen LogP) is 0.769. The van der Waals surface area contributed by atoms with Gasteiger partial charge in [-0.1, -0.05) is 26.8 Å². The first kappa shape index (κ1) is 15.1. The number of hydrogen-bond acceptors (Lipinski definition) is 4. The first-order valence-electron chi connectivity index (χ1n) is 5.93. The molecule has 1 heterocycles. The van der Waals surface area contributed by atoms with Crippen molar-refractivity contribution < 1.29 is 14.7 Å². The quantitative estimate of drug-likeness (QED) is 0.745. The van der Waals surface area contributed by atoms with Crippen LogP contribution in [0.2, 0.25) is 0 Å². The van der Waals surface area contributed by atoms with Gasteiger partial charge < -0.3 is 16.2 Å². The van der Waals surface area contributed by atoms with E-state index < -0.39 is 12.0 Å². The van der Waals surface area contributed by atoms with Crippen LogP contribution in [0.15, 0.2) is 18.3 Å². The second kappa shape index (κ2) is 5.79. The number of aromatic nitrogens is 1. The molecule has 1 atom stereocenters. The van der Waals surface area contributed by atoms with E-state index in [1.165, 1.54) is 12.3 Å². The van der Waals surface area contributed by atoms with Crippen LogP contribution in [0.5, 0.6) is 0 Å². The molecule has 1 unspecified atom stereocenters. The normalized spacial score (nSPS) is 12.8. The topological polar surface area (TPSA) is 105 Å². The zero-order valence-electron chi connectivity index (χ0n) is 11.3. The van der Waals surface area contributed by atoms with Gasteiger partial charge in [0.25, 0.3) is 0 Å². The fraction of sp³-hybridized carbons (Fsp3) is 0.462. The van der Waals surface area contributed by atoms with E-state index in [1.54, 1.807) is 6.07 Å². The van der Waals surface area contributed by atoms with Gasteiger partial charge in [0.2, 0.25) is 5.91 Å². The lowest BCUT2D eigenvalue weighted by atomic mass is 9.87. The van der Waals surface area contributed by atoms with Crippen molar-refractivity contribution in [2.75, 3.05) is 0 Å². The molecule has 0 spiro atoms. The second-order valence-electron chi connectivity index (χ2n) is 5.42. The molecule has 0 aromatic carbocycles. The molecular weight excluding hydrogens is 246 g/mol. The van der Waals surface area contributed by atoms with Crippen LogP contribution < -0.4 is 11.1 Å². The molecule has 0 aliphatic rings. The fourth-order valence-electron chi connectivity index (χ4n) is 1.35. The number of carboxylic acid groups (broad SMARTS) is 1. The summed E-state index contributed by atoms with van der Waals surface area (Å²) < 4.78 is 0. The summed E-state index contributed by atoms with van der Waals surface area (Å²) in [5.74, 6) is -1.32. The van der Waals surface area contributed by atoms with E-state index >= 15 is 0 Å². The number of carbonyl (C=O) groups excluding carboxylic acids is 1. The van der Waals surface area contributed by atoms with Gasteiger partial charge >= 0.3 is 5.97 Å². The first-order chi connectivity index (χ1) is 8.71. The highest BCUT2D eigenvalue weighted by Gasteiger charge is 2.27. The molecule has 0 aliphatic carbocycles. The third kappa shape index (κ3) is 4.33. The van der Waals surface area contributed by atoms with Gasteiger partial charge in [0.15, 0.2) is 0 Å². The monoisotopic (exact) mass is 265 g/mol. The van der Waals surface area contributed by atoms with Crippen molar-refractivity contribution in [1.82, 2.24) is 10.3 Å². The highest BCUT2D eigenvalue weighted by Crippen LogP contribution is 2.17. The Morgan fingerprint density at radius 2 is 2.05 bits per heavy atom. The minimum atomic E-state index is -1.08.